The summed E-state index contributed by atoms with van der Waals surface area (Å²) in [5.41, 5.74) is 0.473. The maximum atomic E-state index is 12.2. The molecule has 1 aromatic carbocycles. The number of nitrogens with one attached hydrogen (secondary N) is 1. The van der Waals surface area contributed by atoms with Crippen LogP contribution in [-0.4, -0.2) is 22.9 Å². The molecule has 1 aromatic heterocycles. The Balaban J connectivity index is 2.23. The molecule has 0 radical (unpaired) electrons. The van der Waals surface area contributed by atoms with Gasteiger partial charge in [-0.3, -0.25) is 19.9 Å². The first-order valence-corrected chi connectivity index (χ1v) is 6.10. The van der Waals surface area contributed by atoms with Crippen LogP contribution < -0.4 is 5.32 Å². The van der Waals surface area contributed by atoms with Crippen molar-refractivity contribution in [1.29, 1.82) is 0 Å². The van der Waals surface area contributed by atoms with E-state index in [4.69, 9.17) is 4.74 Å². The van der Waals surface area contributed by atoms with Crippen LogP contribution in [0.1, 0.15) is 11.7 Å². The third-order valence-corrected chi connectivity index (χ3v) is 2.83. The van der Waals surface area contributed by atoms with Crippen molar-refractivity contribution in [3.05, 3.63) is 64.5 Å². The van der Waals surface area contributed by atoms with Crippen LogP contribution >= 0.6 is 0 Å². The van der Waals surface area contributed by atoms with Gasteiger partial charge in [-0.15, -0.1) is 0 Å². The van der Waals surface area contributed by atoms with Gasteiger partial charge >= 0.3 is 5.69 Å². The second-order valence-electron chi connectivity index (χ2n) is 4.17. The Kier molecular flexibility index (Phi) is 4.57. The van der Waals surface area contributed by atoms with E-state index >= 15 is 0 Å². The fraction of sp³-hybridized carbons (Fsp3) is 0.143. The molecule has 7 nitrogen and oxygen atoms in total. The van der Waals surface area contributed by atoms with Gasteiger partial charge in [-0.1, -0.05) is 30.3 Å². The van der Waals surface area contributed by atoms with Gasteiger partial charge in [0.1, 0.15) is 11.9 Å². The minimum absolute atomic E-state index is 0.0815. The number of pyridine rings is 1. The standard InChI is InChI=1S/C14H13N3O4/c1-21-13(10-5-3-2-4-6-10)14(18)16-11-7-8-15-9-12(11)17(19)20/h2-9,13H,1H3,(H,15,16,18)/t13-/m1/s1. The van der Waals surface area contributed by atoms with Crippen LogP contribution in [0, 0.1) is 10.1 Å². The number of carbonyl (C=O) groups is 1. The lowest BCUT2D eigenvalue weighted by Gasteiger charge is -2.15. The Bertz CT molecular complexity index is 646. The van der Waals surface area contributed by atoms with Gasteiger partial charge in [0.05, 0.1) is 4.92 Å². The number of rotatable bonds is 5. The summed E-state index contributed by atoms with van der Waals surface area (Å²) in [5, 5.41) is 13.4. The molecule has 0 unspecified atom stereocenters. The highest BCUT2D eigenvalue weighted by atomic mass is 16.6. The van der Waals surface area contributed by atoms with E-state index in [1.54, 1.807) is 24.3 Å². The Labute approximate surface area is 120 Å². The maximum Gasteiger partial charge on any atom is 0.310 e. The lowest BCUT2D eigenvalue weighted by atomic mass is 10.1. The Morgan fingerprint density at radius 1 is 1.33 bits per heavy atom. The molecule has 1 atom stereocenters. The van der Waals surface area contributed by atoms with Crippen molar-refractivity contribution in [3.8, 4) is 0 Å². The van der Waals surface area contributed by atoms with Gasteiger partial charge in [-0.05, 0) is 11.6 Å². The van der Waals surface area contributed by atoms with E-state index < -0.39 is 16.9 Å². The fourth-order valence-corrected chi connectivity index (χ4v) is 1.86. The zero-order valence-corrected chi connectivity index (χ0v) is 11.2. The summed E-state index contributed by atoms with van der Waals surface area (Å²) in [6.45, 7) is 0. The molecule has 1 heterocycles. The monoisotopic (exact) mass is 287 g/mol. The van der Waals surface area contributed by atoms with Crippen LogP contribution in [0.5, 0.6) is 0 Å². The summed E-state index contributed by atoms with van der Waals surface area (Å²) in [5.74, 6) is -0.488. The zero-order valence-electron chi connectivity index (χ0n) is 11.2. The van der Waals surface area contributed by atoms with E-state index in [0.717, 1.165) is 6.20 Å². The summed E-state index contributed by atoms with van der Waals surface area (Å²) in [6, 6.07) is 10.2. The number of methoxy groups -OCH3 is 1. The number of carbonyl (C=O) groups excluding carboxylic acids is 1. The fourth-order valence-electron chi connectivity index (χ4n) is 1.86. The van der Waals surface area contributed by atoms with Gasteiger partial charge in [0.25, 0.3) is 5.91 Å². The van der Waals surface area contributed by atoms with Gasteiger partial charge < -0.3 is 10.1 Å². The molecule has 0 aliphatic rings. The average Bonchev–Trinajstić information content (AvgIpc) is 2.49. The van der Waals surface area contributed by atoms with E-state index in [1.807, 2.05) is 6.07 Å². The molecule has 0 bridgehead atoms. The molecular weight excluding hydrogens is 274 g/mol. The number of ether oxygens (including phenoxy) is 1. The van der Waals surface area contributed by atoms with Crippen LogP contribution in [0.25, 0.3) is 0 Å². The van der Waals surface area contributed by atoms with Crippen molar-refractivity contribution in [1.82, 2.24) is 4.98 Å². The minimum Gasteiger partial charge on any atom is -0.367 e. The number of aromatic nitrogens is 1. The summed E-state index contributed by atoms with van der Waals surface area (Å²) in [6.07, 6.45) is 1.60. The summed E-state index contributed by atoms with van der Waals surface area (Å²) in [7, 11) is 1.40. The number of hydrogen-bond donors (Lipinski definition) is 1. The van der Waals surface area contributed by atoms with Gasteiger partial charge in [-0.2, -0.15) is 0 Å². The van der Waals surface area contributed by atoms with Crippen molar-refractivity contribution in [2.75, 3.05) is 12.4 Å². The lowest BCUT2D eigenvalue weighted by molar-refractivity contribution is -0.384. The molecule has 108 valence electrons. The van der Waals surface area contributed by atoms with Crippen molar-refractivity contribution in [2.45, 2.75) is 6.10 Å². The lowest BCUT2D eigenvalue weighted by Crippen LogP contribution is -2.23. The third kappa shape index (κ3) is 3.40. The predicted octanol–water partition coefficient (Wildman–Crippen LogP) is 2.32. The van der Waals surface area contributed by atoms with Crippen molar-refractivity contribution >= 4 is 17.3 Å². The highest BCUT2D eigenvalue weighted by Gasteiger charge is 2.23. The molecule has 1 N–H and O–H groups in total. The van der Waals surface area contributed by atoms with Crippen LogP contribution in [0.3, 0.4) is 0 Å². The highest BCUT2D eigenvalue weighted by molar-refractivity contribution is 5.96. The molecule has 0 spiro atoms. The molecule has 0 saturated carbocycles. The SMILES string of the molecule is CO[C@@H](C(=O)Nc1ccncc1[N+](=O)[O-])c1ccccc1. The van der Waals surface area contributed by atoms with E-state index in [2.05, 4.69) is 10.3 Å². The first-order valence-electron chi connectivity index (χ1n) is 6.10. The minimum atomic E-state index is -0.848. The molecule has 1 amide bonds. The van der Waals surface area contributed by atoms with Crippen molar-refractivity contribution < 1.29 is 14.5 Å². The van der Waals surface area contributed by atoms with E-state index in [0.29, 0.717) is 5.56 Å². The third-order valence-electron chi connectivity index (χ3n) is 2.83. The summed E-state index contributed by atoms with van der Waals surface area (Å²) in [4.78, 5) is 26.2. The first-order chi connectivity index (χ1) is 10.1. The molecule has 0 aliphatic heterocycles. The number of nitro groups is 1. The number of nitrogens with zero attached hydrogens (tertiary/aromatic N) is 2. The van der Waals surface area contributed by atoms with Gasteiger partial charge in [-0.25, -0.2) is 0 Å². The molecule has 21 heavy (non-hydrogen) atoms. The molecule has 0 aliphatic carbocycles. The van der Waals surface area contributed by atoms with Crippen LogP contribution in [0.4, 0.5) is 11.4 Å². The van der Waals surface area contributed by atoms with Crippen LogP contribution in [0.2, 0.25) is 0 Å². The Morgan fingerprint density at radius 2 is 2.05 bits per heavy atom. The number of hydrogen-bond acceptors (Lipinski definition) is 5. The smallest absolute Gasteiger partial charge is 0.310 e. The topological polar surface area (TPSA) is 94.4 Å². The molecular formula is C14H13N3O4. The molecule has 7 heteroatoms. The molecule has 0 saturated heterocycles. The van der Waals surface area contributed by atoms with E-state index in [1.165, 1.54) is 19.4 Å². The number of benzene rings is 1. The highest BCUT2D eigenvalue weighted by Crippen LogP contribution is 2.24. The predicted molar refractivity (Wildman–Crippen MR) is 75.7 cm³/mol. The second kappa shape index (κ2) is 6.58. The van der Waals surface area contributed by atoms with Gasteiger partial charge in [0.15, 0.2) is 6.10 Å². The number of anilines is 1. The van der Waals surface area contributed by atoms with Crippen LogP contribution in [-0.2, 0) is 9.53 Å². The van der Waals surface area contributed by atoms with Gasteiger partial charge in [0.2, 0.25) is 0 Å². The van der Waals surface area contributed by atoms with Crippen molar-refractivity contribution in [3.63, 3.8) is 0 Å². The van der Waals surface area contributed by atoms with Gasteiger partial charge in [0, 0.05) is 13.3 Å². The van der Waals surface area contributed by atoms with Crippen LogP contribution in [0.15, 0.2) is 48.8 Å². The largest absolute Gasteiger partial charge is 0.367 e. The van der Waals surface area contributed by atoms with Crippen molar-refractivity contribution in [2.24, 2.45) is 0 Å². The second-order valence-corrected chi connectivity index (χ2v) is 4.17. The van der Waals surface area contributed by atoms with E-state index in [-0.39, 0.29) is 11.4 Å². The Morgan fingerprint density at radius 3 is 2.67 bits per heavy atom. The molecule has 2 rings (SSSR count). The van der Waals surface area contributed by atoms with E-state index in [9.17, 15) is 14.9 Å². The normalized spacial score (nSPS) is 11.7. The average molecular weight is 287 g/mol. The number of amides is 1. The quantitative estimate of drug-likeness (QED) is 0.672. The molecule has 0 fully saturated rings. The Hall–Kier alpha value is -2.80. The summed E-state index contributed by atoms with van der Waals surface area (Å²) < 4.78 is 5.17. The first kappa shape index (κ1) is 14.6. The summed E-state index contributed by atoms with van der Waals surface area (Å²) >= 11 is 0. The maximum absolute atomic E-state index is 12.2. The zero-order chi connectivity index (χ0) is 15.2. The molecule has 2 aromatic rings.